The molecular formula is C15H27Cl5O6. The highest BCUT2D eigenvalue weighted by Crippen LogP contribution is 2.07. The molecule has 0 aliphatic rings. The van der Waals surface area contributed by atoms with Gasteiger partial charge in [-0.05, 0) is 0 Å². The van der Waals surface area contributed by atoms with E-state index in [2.05, 4.69) is 0 Å². The van der Waals surface area contributed by atoms with Crippen molar-refractivity contribution in [1.29, 1.82) is 0 Å². The summed E-state index contributed by atoms with van der Waals surface area (Å²) in [6.07, 6.45) is -2.40. The summed E-state index contributed by atoms with van der Waals surface area (Å²) >= 11 is 28.7. The molecule has 2 N–H and O–H groups in total. The van der Waals surface area contributed by atoms with Crippen molar-refractivity contribution >= 4 is 58.0 Å². The van der Waals surface area contributed by atoms with Gasteiger partial charge < -0.3 is 29.2 Å². The van der Waals surface area contributed by atoms with Gasteiger partial charge in [-0.3, -0.25) is 0 Å². The van der Waals surface area contributed by atoms with Gasteiger partial charge >= 0.3 is 0 Å². The molecule has 0 heterocycles. The first kappa shape index (κ1) is 27.2. The van der Waals surface area contributed by atoms with E-state index in [9.17, 15) is 5.11 Å². The van der Waals surface area contributed by atoms with Gasteiger partial charge in [0.05, 0.1) is 93.0 Å². The van der Waals surface area contributed by atoms with Gasteiger partial charge in [-0.15, -0.1) is 58.0 Å². The molecule has 26 heavy (non-hydrogen) atoms. The molecule has 0 saturated carbocycles. The maximum absolute atomic E-state index is 9.39. The predicted octanol–water partition coefficient (Wildman–Crippen LogP) is 2.07. The fourth-order valence-electron chi connectivity index (χ4n) is 1.58. The SMILES string of the molecule is OCC(CCl)OCC(CCl)OCC(CCl)OCC(CCl)OCC(O)CCl. The zero-order chi connectivity index (χ0) is 19.8. The Bertz CT molecular complexity index is 314. The third-order valence-electron chi connectivity index (χ3n) is 3.15. The Balaban J connectivity index is 4.17. The molecule has 0 aliphatic heterocycles. The summed E-state index contributed by atoms with van der Waals surface area (Å²) in [4.78, 5) is 0. The minimum atomic E-state index is -0.755. The number of hydrogen-bond donors (Lipinski definition) is 2. The Morgan fingerprint density at radius 1 is 0.538 bits per heavy atom. The molecule has 5 unspecified atom stereocenters. The minimum absolute atomic E-state index is 0.0740. The van der Waals surface area contributed by atoms with Gasteiger partial charge in [-0.25, -0.2) is 0 Å². The molecule has 0 aliphatic carbocycles. The molecule has 6 nitrogen and oxygen atoms in total. The normalized spacial score (nSPS) is 17.7. The fraction of sp³-hybridized carbons (Fsp3) is 1.00. The van der Waals surface area contributed by atoms with E-state index >= 15 is 0 Å². The lowest BCUT2D eigenvalue weighted by atomic mass is 10.3. The molecule has 0 aromatic carbocycles. The third kappa shape index (κ3) is 13.4. The molecular weight excluding hydrogens is 453 g/mol. The Labute approximate surface area is 179 Å². The van der Waals surface area contributed by atoms with Crippen LogP contribution in [-0.4, -0.2) is 103 Å². The molecule has 0 amide bonds. The predicted molar refractivity (Wildman–Crippen MR) is 106 cm³/mol. The topological polar surface area (TPSA) is 77.4 Å². The zero-order valence-corrected chi connectivity index (χ0v) is 18.2. The van der Waals surface area contributed by atoms with Gasteiger partial charge in [-0.2, -0.15) is 0 Å². The van der Waals surface area contributed by atoms with E-state index in [1.807, 2.05) is 0 Å². The molecule has 0 aromatic rings. The number of hydrogen-bond acceptors (Lipinski definition) is 6. The Morgan fingerprint density at radius 2 is 0.885 bits per heavy atom. The van der Waals surface area contributed by atoms with Gasteiger partial charge in [0.1, 0.15) is 0 Å². The van der Waals surface area contributed by atoms with E-state index in [4.69, 9.17) is 82.1 Å². The molecule has 5 atom stereocenters. The molecule has 0 rings (SSSR count). The summed E-state index contributed by atoms with van der Waals surface area (Å²) in [6.45, 7) is 0.489. The summed E-state index contributed by atoms with van der Waals surface area (Å²) < 4.78 is 22.1. The van der Waals surface area contributed by atoms with Crippen molar-refractivity contribution in [3.05, 3.63) is 0 Å². The highest BCUT2D eigenvalue weighted by molar-refractivity contribution is 6.19. The zero-order valence-electron chi connectivity index (χ0n) is 14.4. The van der Waals surface area contributed by atoms with Crippen LogP contribution in [-0.2, 0) is 18.9 Å². The molecule has 0 aromatic heterocycles. The first-order valence-electron chi connectivity index (χ1n) is 8.09. The molecule has 0 spiro atoms. The number of halogens is 5. The van der Waals surface area contributed by atoms with Crippen molar-refractivity contribution in [2.24, 2.45) is 0 Å². The largest absolute Gasteiger partial charge is 0.394 e. The average Bonchev–Trinajstić information content (AvgIpc) is 2.68. The van der Waals surface area contributed by atoms with Gasteiger partial charge in [0.15, 0.2) is 0 Å². The van der Waals surface area contributed by atoms with Crippen LogP contribution in [0.1, 0.15) is 0 Å². The number of aliphatic hydroxyl groups excluding tert-OH is 2. The number of rotatable bonds is 18. The second-order valence-corrected chi connectivity index (χ2v) is 6.97. The second-order valence-electron chi connectivity index (χ2n) is 5.43. The van der Waals surface area contributed by atoms with E-state index in [-0.39, 0.29) is 68.5 Å². The van der Waals surface area contributed by atoms with Crippen LogP contribution in [0.4, 0.5) is 0 Å². The summed E-state index contributed by atoms with van der Waals surface area (Å²) in [5.41, 5.74) is 0. The smallest absolute Gasteiger partial charge is 0.0944 e. The van der Waals surface area contributed by atoms with Crippen LogP contribution in [0.2, 0.25) is 0 Å². The monoisotopic (exact) mass is 478 g/mol. The average molecular weight is 481 g/mol. The first-order valence-corrected chi connectivity index (χ1v) is 10.8. The van der Waals surface area contributed by atoms with Crippen molar-refractivity contribution in [3.8, 4) is 0 Å². The lowest BCUT2D eigenvalue weighted by Gasteiger charge is -2.23. The van der Waals surface area contributed by atoms with Crippen LogP contribution >= 0.6 is 58.0 Å². The molecule has 11 heteroatoms. The van der Waals surface area contributed by atoms with Crippen molar-refractivity contribution in [2.75, 3.05) is 62.4 Å². The van der Waals surface area contributed by atoms with Crippen LogP contribution in [0.25, 0.3) is 0 Å². The van der Waals surface area contributed by atoms with Gasteiger partial charge in [0.25, 0.3) is 0 Å². The van der Waals surface area contributed by atoms with Gasteiger partial charge in [0.2, 0.25) is 0 Å². The van der Waals surface area contributed by atoms with E-state index in [1.54, 1.807) is 0 Å². The number of ether oxygens (including phenoxy) is 4. The van der Waals surface area contributed by atoms with Crippen LogP contribution in [0.3, 0.4) is 0 Å². The van der Waals surface area contributed by atoms with Crippen molar-refractivity contribution in [1.82, 2.24) is 0 Å². The standard InChI is InChI=1S/C15H27Cl5O6/c16-1-11(22)7-23-13(3-18)9-25-15(5-20)10-26-14(4-19)8-24-12(2-17)6-21/h11-15,21-22H,1-10H2. The summed E-state index contributed by atoms with van der Waals surface area (Å²) in [5, 5.41) is 18.4. The van der Waals surface area contributed by atoms with Crippen LogP contribution < -0.4 is 0 Å². The molecule has 0 bridgehead atoms. The van der Waals surface area contributed by atoms with Crippen molar-refractivity contribution < 1.29 is 29.2 Å². The lowest BCUT2D eigenvalue weighted by Crippen LogP contribution is -2.34. The van der Waals surface area contributed by atoms with Crippen molar-refractivity contribution in [3.63, 3.8) is 0 Å². The molecule has 0 radical (unpaired) electrons. The van der Waals surface area contributed by atoms with E-state index in [1.165, 1.54) is 0 Å². The van der Waals surface area contributed by atoms with E-state index < -0.39 is 24.4 Å². The van der Waals surface area contributed by atoms with Gasteiger partial charge in [-0.1, -0.05) is 0 Å². The van der Waals surface area contributed by atoms with Gasteiger partial charge in [0, 0.05) is 0 Å². The van der Waals surface area contributed by atoms with Crippen LogP contribution in [0, 0.1) is 0 Å². The second kappa shape index (κ2) is 18.3. The van der Waals surface area contributed by atoms with Crippen LogP contribution in [0.15, 0.2) is 0 Å². The Kier molecular flexibility index (Phi) is 19.1. The van der Waals surface area contributed by atoms with E-state index in [0.717, 1.165) is 0 Å². The molecule has 0 fully saturated rings. The maximum Gasteiger partial charge on any atom is 0.0944 e. The molecule has 0 saturated heterocycles. The Hall–Kier alpha value is 1.21. The fourth-order valence-corrected chi connectivity index (χ4v) is 2.39. The number of aliphatic hydroxyl groups is 2. The van der Waals surface area contributed by atoms with Crippen LogP contribution in [0.5, 0.6) is 0 Å². The quantitative estimate of drug-likeness (QED) is 0.293. The number of alkyl halides is 5. The lowest BCUT2D eigenvalue weighted by molar-refractivity contribution is -0.0910. The highest BCUT2D eigenvalue weighted by atomic mass is 35.5. The Morgan fingerprint density at radius 3 is 1.19 bits per heavy atom. The summed E-state index contributed by atoms with van der Waals surface area (Å²) in [6, 6.07) is 0. The minimum Gasteiger partial charge on any atom is -0.394 e. The summed E-state index contributed by atoms with van der Waals surface area (Å²) in [5.74, 6) is 0.868. The summed E-state index contributed by atoms with van der Waals surface area (Å²) in [7, 11) is 0. The third-order valence-corrected chi connectivity index (χ3v) is 4.88. The van der Waals surface area contributed by atoms with E-state index in [0.29, 0.717) is 0 Å². The van der Waals surface area contributed by atoms with Crippen molar-refractivity contribution in [2.45, 2.75) is 30.5 Å². The maximum atomic E-state index is 9.39. The first-order chi connectivity index (χ1) is 12.5. The highest BCUT2D eigenvalue weighted by Gasteiger charge is 2.18. The molecule has 158 valence electrons.